The van der Waals surface area contributed by atoms with E-state index in [1.54, 1.807) is 13.8 Å². The number of anilines is 1. The highest BCUT2D eigenvalue weighted by Gasteiger charge is 2.55. The first-order valence-corrected chi connectivity index (χ1v) is 20.2. The van der Waals surface area contributed by atoms with E-state index in [-0.39, 0.29) is 34.9 Å². The third-order valence-electron chi connectivity index (χ3n) is 12.0. The number of alkyl halides is 2. The number of fused-ring (bicyclic) bond motifs is 1. The Morgan fingerprint density at radius 3 is 2.47 bits per heavy atom. The number of nitrogens with zero attached hydrogens (tertiary/aromatic N) is 7. The highest BCUT2D eigenvalue weighted by Crippen LogP contribution is 2.53. The van der Waals surface area contributed by atoms with Crippen molar-refractivity contribution in [2.24, 2.45) is 5.41 Å². The van der Waals surface area contributed by atoms with Crippen LogP contribution in [0, 0.1) is 11.2 Å². The second-order valence-electron chi connectivity index (χ2n) is 17.0. The van der Waals surface area contributed by atoms with Crippen molar-refractivity contribution in [1.29, 1.82) is 0 Å². The van der Waals surface area contributed by atoms with Gasteiger partial charge in [-0.15, -0.1) is 0 Å². The topological polar surface area (TPSA) is 87.2 Å². The standard InChI is InChI=1S/C44H52F3N7O3/c1-29(2)54(32-20-44(46,47)21-32)42(55)34-19-31(45)12-13-37(34)57-39-24-48-28-50-41(39)53-26-43(27-53)22-33(23-43)56-38-14-16-49-35-15-18-52(25-30-9-6-5-7-10-30)36(40(35)38)11-8-17-51(3)4/h5-7,9-10,12-14,16,19,24,28-29,32-33,36H,8,11,15,17-18,20-23,25-27H2,1-4H3. The summed E-state index contributed by atoms with van der Waals surface area (Å²) in [6, 6.07) is 15.6. The number of hydrogen-bond acceptors (Lipinski definition) is 9. The maximum absolute atomic E-state index is 14.6. The van der Waals surface area contributed by atoms with Crippen LogP contribution in [0.15, 0.2) is 73.3 Å². The zero-order valence-corrected chi connectivity index (χ0v) is 33.2. The molecule has 2 aliphatic heterocycles. The van der Waals surface area contributed by atoms with Crippen molar-refractivity contribution in [3.8, 4) is 17.2 Å². The molecule has 2 saturated carbocycles. The smallest absolute Gasteiger partial charge is 0.258 e. The second kappa shape index (κ2) is 15.9. The average molecular weight is 784 g/mol. The number of carbonyl (C=O) groups excluding carboxylic acids is 1. The van der Waals surface area contributed by atoms with Crippen molar-refractivity contribution >= 4 is 11.7 Å². The summed E-state index contributed by atoms with van der Waals surface area (Å²) in [5.41, 5.74) is 3.72. The minimum Gasteiger partial charge on any atom is -0.490 e. The first-order chi connectivity index (χ1) is 27.4. The maximum Gasteiger partial charge on any atom is 0.258 e. The minimum atomic E-state index is -2.81. The molecule has 0 N–H and O–H groups in total. The Hall–Kier alpha value is -4.75. The van der Waals surface area contributed by atoms with E-state index in [9.17, 15) is 18.0 Å². The zero-order valence-electron chi connectivity index (χ0n) is 33.2. The fourth-order valence-electron chi connectivity index (χ4n) is 9.30. The molecule has 2 aromatic carbocycles. The summed E-state index contributed by atoms with van der Waals surface area (Å²) in [6.07, 6.45) is 8.92. The van der Waals surface area contributed by atoms with E-state index in [0.717, 1.165) is 82.3 Å². The molecular formula is C44H52F3N7O3. The number of ether oxygens (including phenoxy) is 2. The number of hydrogen-bond donors (Lipinski definition) is 0. The average Bonchev–Trinajstić information content (AvgIpc) is 3.13. The fourth-order valence-corrected chi connectivity index (χ4v) is 9.30. The van der Waals surface area contributed by atoms with Gasteiger partial charge >= 0.3 is 0 Å². The molecule has 1 unspecified atom stereocenters. The highest BCUT2D eigenvalue weighted by atomic mass is 19.3. The van der Waals surface area contributed by atoms with Gasteiger partial charge in [-0.2, -0.15) is 0 Å². The molecule has 10 nitrogen and oxygen atoms in total. The summed E-state index contributed by atoms with van der Waals surface area (Å²) in [5.74, 6) is -2.03. The van der Waals surface area contributed by atoms with Crippen molar-refractivity contribution in [2.75, 3.05) is 45.2 Å². The third kappa shape index (κ3) is 8.32. The van der Waals surface area contributed by atoms with Crippen LogP contribution in [0.1, 0.15) is 85.6 Å². The Morgan fingerprint density at radius 1 is 0.982 bits per heavy atom. The highest BCUT2D eigenvalue weighted by molar-refractivity contribution is 5.97. The molecule has 0 radical (unpaired) electrons. The number of aromatic nitrogens is 3. The predicted molar refractivity (Wildman–Crippen MR) is 211 cm³/mol. The number of benzene rings is 2. The van der Waals surface area contributed by atoms with Crippen LogP contribution in [-0.2, 0) is 13.0 Å². The quantitative estimate of drug-likeness (QED) is 0.127. The molecular weight excluding hydrogens is 732 g/mol. The number of amides is 1. The first-order valence-electron chi connectivity index (χ1n) is 20.2. The Bertz CT molecular complexity index is 2050. The van der Waals surface area contributed by atoms with Gasteiger partial charge in [0.1, 0.15) is 29.7 Å². The molecule has 1 amide bonds. The molecule has 57 heavy (non-hydrogen) atoms. The molecule has 1 atom stereocenters. The van der Waals surface area contributed by atoms with Gasteiger partial charge in [0.15, 0.2) is 11.6 Å². The largest absolute Gasteiger partial charge is 0.490 e. The molecule has 0 bridgehead atoms. The van der Waals surface area contributed by atoms with Gasteiger partial charge in [0.25, 0.3) is 11.8 Å². The molecule has 1 spiro atoms. The van der Waals surface area contributed by atoms with Crippen molar-refractivity contribution < 1.29 is 27.4 Å². The van der Waals surface area contributed by atoms with Crippen LogP contribution < -0.4 is 14.4 Å². The molecule has 1 saturated heterocycles. The first kappa shape index (κ1) is 39.1. The summed E-state index contributed by atoms with van der Waals surface area (Å²) in [4.78, 5) is 35.8. The molecule has 3 fully saturated rings. The maximum atomic E-state index is 14.6. The summed E-state index contributed by atoms with van der Waals surface area (Å²) < 4.78 is 55.4. The SMILES string of the molecule is CC(C)N(C(=O)c1cc(F)ccc1Oc1cncnc1N1CC2(CC(Oc3ccnc4c3C(CCCN(C)C)N(Cc3ccccc3)CC4)C2)C1)C1CC(F)(F)C1. The number of pyridine rings is 1. The minimum absolute atomic E-state index is 0.0331. The van der Waals surface area contributed by atoms with Gasteiger partial charge in [-0.05, 0) is 90.0 Å². The van der Waals surface area contributed by atoms with Crippen molar-refractivity contribution in [1.82, 2.24) is 29.7 Å². The lowest BCUT2D eigenvalue weighted by molar-refractivity contribution is -0.120. The van der Waals surface area contributed by atoms with Gasteiger partial charge in [-0.25, -0.2) is 23.1 Å². The Kier molecular flexibility index (Phi) is 10.9. The van der Waals surface area contributed by atoms with Crippen LogP contribution in [0.4, 0.5) is 19.0 Å². The van der Waals surface area contributed by atoms with E-state index in [0.29, 0.717) is 11.6 Å². The van der Waals surface area contributed by atoms with Gasteiger partial charge in [0, 0.05) is 80.7 Å². The Morgan fingerprint density at radius 2 is 1.75 bits per heavy atom. The Balaban J connectivity index is 0.937. The number of carbonyl (C=O) groups is 1. The van der Waals surface area contributed by atoms with Crippen LogP contribution >= 0.6 is 0 Å². The fraction of sp³-hybridized carbons (Fsp3) is 0.500. The summed E-state index contributed by atoms with van der Waals surface area (Å²) in [6.45, 7) is 7.89. The van der Waals surface area contributed by atoms with Gasteiger partial charge in [0.2, 0.25) is 0 Å². The second-order valence-corrected chi connectivity index (χ2v) is 17.0. The molecule has 4 aromatic rings. The lowest BCUT2D eigenvalue weighted by Gasteiger charge is -2.59. The van der Waals surface area contributed by atoms with Crippen molar-refractivity contribution in [2.45, 2.75) is 95.5 Å². The van der Waals surface area contributed by atoms with E-state index in [1.807, 2.05) is 12.3 Å². The van der Waals surface area contributed by atoms with Crippen LogP contribution in [0.5, 0.6) is 17.2 Å². The summed E-state index contributed by atoms with van der Waals surface area (Å²) in [7, 11) is 4.24. The summed E-state index contributed by atoms with van der Waals surface area (Å²) in [5, 5.41) is 0. The Labute approximate surface area is 333 Å². The van der Waals surface area contributed by atoms with E-state index in [1.165, 1.54) is 40.7 Å². The van der Waals surface area contributed by atoms with Crippen molar-refractivity contribution in [3.63, 3.8) is 0 Å². The normalized spacial score (nSPS) is 20.2. The molecule has 302 valence electrons. The molecule has 8 rings (SSSR count). The van der Waals surface area contributed by atoms with Gasteiger partial charge < -0.3 is 24.2 Å². The van der Waals surface area contributed by atoms with E-state index < -0.39 is 36.5 Å². The van der Waals surface area contributed by atoms with Gasteiger partial charge in [-0.1, -0.05) is 30.3 Å². The van der Waals surface area contributed by atoms with Gasteiger partial charge in [-0.3, -0.25) is 14.7 Å². The lowest BCUT2D eigenvalue weighted by atomic mass is 9.61. The molecule has 4 aliphatic rings. The van der Waals surface area contributed by atoms with E-state index >= 15 is 0 Å². The van der Waals surface area contributed by atoms with Crippen LogP contribution in [0.3, 0.4) is 0 Å². The number of rotatable bonds is 14. The zero-order chi connectivity index (χ0) is 39.9. The van der Waals surface area contributed by atoms with E-state index in [2.05, 4.69) is 69.1 Å². The van der Waals surface area contributed by atoms with Crippen LogP contribution in [-0.4, -0.2) is 99.9 Å². The lowest BCUT2D eigenvalue weighted by Crippen LogP contribution is -2.65. The molecule has 2 aromatic heterocycles. The molecule has 13 heteroatoms. The van der Waals surface area contributed by atoms with Crippen molar-refractivity contribution in [3.05, 3.63) is 102 Å². The van der Waals surface area contributed by atoms with Gasteiger partial charge in [0.05, 0.1) is 17.5 Å². The monoisotopic (exact) mass is 783 g/mol. The third-order valence-corrected chi connectivity index (χ3v) is 12.0. The number of halogens is 3. The molecule has 2 aliphatic carbocycles. The summed E-state index contributed by atoms with van der Waals surface area (Å²) >= 11 is 0. The van der Waals surface area contributed by atoms with Crippen LogP contribution in [0.25, 0.3) is 0 Å². The van der Waals surface area contributed by atoms with Crippen LogP contribution in [0.2, 0.25) is 0 Å². The predicted octanol–water partition coefficient (Wildman–Crippen LogP) is 7.94. The molecule has 4 heterocycles. The van der Waals surface area contributed by atoms with E-state index in [4.69, 9.17) is 14.5 Å².